The van der Waals surface area contributed by atoms with Gasteiger partial charge in [0, 0.05) is 31.6 Å². The van der Waals surface area contributed by atoms with Crippen molar-refractivity contribution in [2.45, 2.75) is 26.3 Å². The Morgan fingerprint density at radius 2 is 1.81 bits per heavy atom. The summed E-state index contributed by atoms with van der Waals surface area (Å²) in [5.41, 5.74) is 2.99. The van der Waals surface area contributed by atoms with E-state index < -0.39 is 0 Å². The van der Waals surface area contributed by atoms with E-state index in [0.29, 0.717) is 19.7 Å². The smallest absolute Gasteiger partial charge is 0.236 e. The second-order valence-corrected chi connectivity index (χ2v) is 7.71. The Hall–Kier alpha value is -3.12. The molecule has 31 heavy (non-hydrogen) atoms. The topological polar surface area (TPSA) is 58.8 Å². The first-order chi connectivity index (χ1) is 15.0. The van der Waals surface area contributed by atoms with E-state index in [0.717, 1.165) is 47.7 Å². The lowest BCUT2D eigenvalue weighted by Crippen LogP contribution is -2.36. The second kappa shape index (κ2) is 11.3. The normalized spacial score (nSPS) is 11.0. The molecule has 0 bridgehead atoms. The fourth-order valence-electron chi connectivity index (χ4n) is 3.35. The summed E-state index contributed by atoms with van der Waals surface area (Å²) < 4.78 is 10.9. The number of amides is 1. The molecular weight excluding hydrogens is 390 g/mol. The minimum atomic E-state index is 0.0995. The molecule has 0 unspecified atom stereocenters. The van der Waals surface area contributed by atoms with Crippen molar-refractivity contribution in [1.82, 2.24) is 15.0 Å². The molecule has 164 valence electrons. The maximum atomic E-state index is 12.6. The number of hydrogen-bond donors (Lipinski definition) is 0. The summed E-state index contributed by atoms with van der Waals surface area (Å²) >= 11 is 0. The third-order valence-corrected chi connectivity index (χ3v) is 5.08. The molecule has 0 aliphatic carbocycles. The van der Waals surface area contributed by atoms with E-state index in [9.17, 15) is 4.79 Å². The van der Waals surface area contributed by atoms with E-state index in [1.807, 2.05) is 86.6 Å². The van der Waals surface area contributed by atoms with Crippen LogP contribution in [0.3, 0.4) is 0 Å². The number of carbonyl (C=O) groups is 1. The highest BCUT2D eigenvalue weighted by atomic mass is 16.5. The van der Waals surface area contributed by atoms with Crippen LogP contribution >= 0.6 is 0 Å². The molecule has 2 aromatic carbocycles. The molecule has 0 aliphatic rings. The summed E-state index contributed by atoms with van der Waals surface area (Å²) in [5, 5.41) is 4.15. The van der Waals surface area contributed by atoms with Gasteiger partial charge in [0.25, 0.3) is 0 Å². The molecule has 6 heteroatoms. The summed E-state index contributed by atoms with van der Waals surface area (Å²) in [4.78, 5) is 16.4. The van der Waals surface area contributed by atoms with Gasteiger partial charge in [-0.1, -0.05) is 47.6 Å². The highest BCUT2D eigenvalue weighted by Crippen LogP contribution is 2.19. The first kappa shape index (κ1) is 22.6. The molecule has 0 atom stereocenters. The number of rotatable bonds is 11. The molecule has 0 saturated heterocycles. The van der Waals surface area contributed by atoms with Gasteiger partial charge in [0.2, 0.25) is 5.91 Å². The maximum absolute atomic E-state index is 12.6. The average molecular weight is 422 g/mol. The highest BCUT2D eigenvalue weighted by molar-refractivity contribution is 5.77. The fraction of sp³-hybridized carbons (Fsp3) is 0.360. The SMILES string of the molecule is CCOc1ccc(CN(C)C(=O)CN(C)CCCc2cc(-c3ccccc3)no2)cc1. The third kappa shape index (κ3) is 6.96. The van der Waals surface area contributed by atoms with Crippen LogP contribution in [-0.4, -0.2) is 54.7 Å². The summed E-state index contributed by atoms with van der Waals surface area (Å²) in [6.45, 7) is 4.39. The number of carbonyl (C=O) groups excluding carboxylic acids is 1. The standard InChI is InChI=1S/C25H31N3O3/c1-4-30-22-14-12-20(13-15-22)18-28(3)25(29)19-27(2)16-8-11-23-17-24(26-31-23)21-9-6-5-7-10-21/h5-7,9-10,12-15,17H,4,8,11,16,18-19H2,1-3H3. The molecule has 0 saturated carbocycles. The Labute approximate surface area is 184 Å². The number of nitrogens with zero attached hydrogens (tertiary/aromatic N) is 3. The van der Waals surface area contributed by atoms with Crippen molar-refractivity contribution in [3.63, 3.8) is 0 Å². The molecule has 0 aliphatic heterocycles. The Kier molecular flexibility index (Phi) is 8.24. The monoisotopic (exact) mass is 421 g/mol. The zero-order valence-electron chi connectivity index (χ0n) is 18.6. The van der Waals surface area contributed by atoms with E-state index in [-0.39, 0.29) is 5.91 Å². The van der Waals surface area contributed by atoms with Crippen LogP contribution in [0.5, 0.6) is 5.75 Å². The second-order valence-electron chi connectivity index (χ2n) is 7.71. The Morgan fingerprint density at radius 3 is 2.52 bits per heavy atom. The van der Waals surface area contributed by atoms with Crippen molar-refractivity contribution in [2.75, 3.05) is 33.8 Å². The molecule has 3 aromatic rings. The van der Waals surface area contributed by atoms with Crippen molar-refractivity contribution in [2.24, 2.45) is 0 Å². The fourth-order valence-corrected chi connectivity index (χ4v) is 3.35. The lowest BCUT2D eigenvalue weighted by Gasteiger charge is -2.22. The van der Waals surface area contributed by atoms with Gasteiger partial charge in [-0.05, 0) is 44.6 Å². The van der Waals surface area contributed by atoms with E-state index in [2.05, 4.69) is 5.16 Å². The molecule has 3 rings (SSSR count). The Bertz CT molecular complexity index is 938. The summed E-state index contributed by atoms with van der Waals surface area (Å²) in [5.74, 6) is 1.82. The van der Waals surface area contributed by atoms with Crippen LogP contribution in [0.15, 0.2) is 65.2 Å². The molecule has 0 N–H and O–H groups in total. The van der Waals surface area contributed by atoms with Crippen molar-refractivity contribution >= 4 is 5.91 Å². The third-order valence-electron chi connectivity index (χ3n) is 5.08. The van der Waals surface area contributed by atoms with Crippen molar-refractivity contribution < 1.29 is 14.1 Å². The number of hydrogen-bond acceptors (Lipinski definition) is 5. The van der Waals surface area contributed by atoms with Crippen molar-refractivity contribution in [3.05, 3.63) is 72.0 Å². The largest absolute Gasteiger partial charge is 0.494 e. The van der Waals surface area contributed by atoms with E-state index in [1.54, 1.807) is 4.90 Å². The lowest BCUT2D eigenvalue weighted by atomic mass is 10.1. The number of benzene rings is 2. The predicted octanol–water partition coefficient (Wildman–Crippen LogP) is 4.26. The van der Waals surface area contributed by atoms with Gasteiger partial charge in [-0.2, -0.15) is 0 Å². The maximum Gasteiger partial charge on any atom is 0.236 e. The minimum absolute atomic E-state index is 0.0995. The van der Waals surface area contributed by atoms with Crippen molar-refractivity contribution in [3.8, 4) is 17.0 Å². The van der Waals surface area contributed by atoms with Crippen LogP contribution in [0.4, 0.5) is 0 Å². The van der Waals surface area contributed by atoms with E-state index in [1.165, 1.54) is 0 Å². The molecule has 0 fully saturated rings. The molecular formula is C25H31N3O3. The van der Waals surface area contributed by atoms with Gasteiger partial charge in [-0.25, -0.2) is 0 Å². The van der Waals surface area contributed by atoms with Crippen LogP contribution in [0, 0.1) is 0 Å². The number of ether oxygens (including phenoxy) is 1. The zero-order chi connectivity index (χ0) is 22.1. The van der Waals surface area contributed by atoms with E-state index in [4.69, 9.17) is 9.26 Å². The number of likely N-dealkylation sites (N-methyl/N-ethyl adjacent to an activating group) is 2. The molecule has 0 radical (unpaired) electrons. The van der Waals surface area contributed by atoms with E-state index >= 15 is 0 Å². The molecule has 1 amide bonds. The molecule has 1 aromatic heterocycles. The zero-order valence-corrected chi connectivity index (χ0v) is 18.6. The van der Waals surface area contributed by atoms with Gasteiger partial charge in [0.05, 0.1) is 13.2 Å². The molecule has 0 spiro atoms. The first-order valence-corrected chi connectivity index (χ1v) is 10.7. The Balaban J connectivity index is 1.39. The molecule has 1 heterocycles. The van der Waals surface area contributed by atoms with Gasteiger partial charge in [-0.15, -0.1) is 0 Å². The number of aromatic nitrogens is 1. The van der Waals surface area contributed by atoms with Gasteiger partial charge >= 0.3 is 0 Å². The first-order valence-electron chi connectivity index (χ1n) is 10.7. The molecule has 6 nitrogen and oxygen atoms in total. The van der Waals surface area contributed by atoms with Crippen LogP contribution in [0.25, 0.3) is 11.3 Å². The average Bonchev–Trinajstić information content (AvgIpc) is 3.25. The summed E-state index contributed by atoms with van der Waals surface area (Å²) in [6, 6.07) is 19.9. The predicted molar refractivity (Wildman–Crippen MR) is 122 cm³/mol. The van der Waals surface area contributed by atoms with Crippen molar-refractivity contribution in [1.29, 1.82) is 0 Å². The van der Waals surface area contributed by atoms with Crippen LogP contribution in [0.1, 0.15) is 24.7 Å². The van der Waals surface area contributed by atoms with Gasteiger partial charge in [0.1, 0.15) is 17.2 Å². The van der Waals surface area contributed by atoms with Gasteiger partial charge in [0.15, 0.2) is 0 Å². The highest BCUT2D eigenvalue weighted by Gasteiger charge is 2.13. The van der Waals surface area contributed by atoms with Gasteiger partial charge in [-0.3, -0.25) is 9.69 Å². The summed E-state index contributed by atoms with van der Waals surface area (Å²) in [7, 11) is 3.81. The Morgan fingerprint density at radius 1 is 1.06 bits per heavy atom. The summed E-state index contributed by atoms with van der Waals surface area (Å²) in [6.07, 6.45) is 1.69. The van der Waals surface area contributed by atoms with Crippen LogP contribution in [0.2, 0.25) is 0 Å². The van der Waals surface area contributed by atoms with Crippen LogP contribution in [-0.2, 0) is 17.8 Å². The lowest BCUT2D eigenvalue weighted by molar-refractivity contribution is -0.131. The van der Waals surface area contributed by atoms with Gasteiger partial charge < -0.3 is 14.2 Å². The minimum Gasteiger partial charge on any atom is -0.494 e. The number of aryl methyl sites for hydroxylation is 1. The quantitative estimate of drug-likeness (QED) is 0.463. The van der Waals surface area contributed by atoms with Crippen LogP contribution < -0.4 is 4.74 Å².